The van der Waals surface area contributed by atoms with Crippen molar-refractivity contribution in [1.29, 1.82) is 0 Å². The van der Waals surface area contributed by atoms with Crippen LogP contribution in [0.1, 0.15) is 18.1 Å². The van der Waals surface area contributed by atoms with Gasteiger partial charge >= 0.3 is 0 Å². The second kappa shape index (κ2) is 6.01. The Kier molecular flexibility index (Phi) is 3.73. The first-order valence-corrected chi connectivity index (χ1v) is 6.52. The van der Waals surface area contributed by atoms with Crippen molar-refractivity contribution in [2.45, 2.75) is 19.3 Å². The first-order valence-electron chi connectivity index (χ1n) is 6.52. The smallest absolute Gasteiger partial charge is 0.156 e. The lowest BCUT2D eigenvalue weighted by molar-refractivity contribution is 0.704. The Hall–Kier alpha value is -2.63. The molecule has 0 saturated carbocycles. The summed E-state index contributed by atoms with van der Waals surface area (Å²) in [6, 6.07) is 11.7. The summed E-state index contributed by atoms with van der Waals surface area (Å²) in [6.45, 7) is 0. The van der Waals surface area contributed by atoms with Crippen molar-refractivity contribution >= 4 is 0 Å². The van der Waals surface area contributed by atoms with Gasteiger partial charge in [0.1, 0.15) is 5.82 Å². The SMILES string of the molecule is c1ccc(-n2nnnc2CCCc2ncccn2)cc1. The molecule has 2 heterocycles. The number of nitrogens with zero attached hydrogens (tertiary/aromatic N) is 6. The minimum atomic E-state index is 0.792. The summed E-state index contributed by atoms with van der Waals surface area (Å²) in [5.74, 6) is 1.71. The molecule has 0 bridgehead atoms. The molecule has 0 N–H and O–H groups in total. The molecule has 20 heavy (non-hydrogen) atoms. The highest BCUT2D eigenvalue weighted by atomic mass is 15.5. The molecule has 3 aromatic rings. The Morgan fingerprint density at radius 3 is 2.50 bits per heavy atom. The fraction of sp³-hybridized carbons (Fsp3) is 0.214. The van der Waals surface area contributed by atoms with Gasteiger partial charge in [-0.25, -0.2) is 9.97 Å². The van der Waals surface area contributed by atoms with Gasteiger partial charge in [0.25, 0.3) is 0 Å². The number of aryl methyl sites for hydroxylation is 2. The largest absolute Gasteiger partial charge is 0.241 e. The lowest BCUT2D eigenvalue weighted by atomic mass is 10.2. The van der Waals surface area contributed by atoms with Gasteiger partial charge in [0.2, 0.25) is 0 Å². The van der Waals surface area contributed by atoms with Gasteiger partial charge in [-0.15, -0.1) is 5.10 Å². The summed E-state index contributed by atoms with van der Waals surface area (Å²) in [7, 11) is 0. The van der Waals surface area contributed by atoms with Crippen LogP contribution < -0.4 is 0 Å². The number of hydrogen-bond acceptors (Lipinski definition) is 5. The van der Waals surface area contributed by atoms with E-state index < -0.39 is 0 Å². The Morgan fingerprint density at radius 2 is 1.70 bits per heavy atom. The lowest BCUT2D eigenvalue weighted by Crippen LogP contribution is -2.04. The fourth-order valence-corrected chi connectivity index (χ4v) is 2.00. The molecule has 6 nitrogen and oxygen atoms in total. The van der Waals surface area contributed by atoms with Gasteiger partial charge in [-0.05, 0) is 35.0 Å². The first kappa shape index (κ1) is 12.4. The zero-order valence-electron chi connectivity index (χ0n) is 10.9. The van der Waals surface area contributed by atoms with Crippen LogP contribution in [0.4, 0.5) is 0 Å². The third kappa shape index (κ3) is 2.85. The van der Waals surface area contributed by atoms with E-state index in [1.165, 1.54) is 0 Å². The van der Waals surface area contributed by atoms with Crippen molar-refractivity contribution in [1.82, 2.24) is 30.2 Å². The molecule has 0 amide bonds. The van der Waals surface area contributed by atoms with E-state index in [4.69, 9.17) is 0 Å². The van der Waals surface area contributed by atoms with E-state index in [2.05, 4.69) is 25.5 Å². The van der Waals surface area contributed by atoms with Crippen molar-refractivity contribution in [3.8, 4) is 5.69 Å². The standard InChI is InChI=1S/C14H14N6/c1-2-6-12(7-3-1)20-14(17-18-19-20)9-4-8-13-15-10-5-11-16-13/h1-3,5-7,10-11H,4,8-9H2. The molecule has 0 saturated heterocycles. The molecular weight excluding hydrogens is 252 g/mol. The normalized spacial score (nSPS) is 10.6. The minimum absolute atomic E-state index is 0.792. The number of aromatic nitrogens is 6. The number of rotatable bonds is 5. The Labute approximate surface area is 116 Å². The van der Waals surface area contributed by atoms with E-state index >= 15 is 0 Å². The minimum Gasteiger partial charge on any atom is -0.241 e. The van der Waals surface area contributed by atoms with E-state index in [0.29, 0.717) is 0 Å². The molecule has 0 aliphatic carbocycles. The third-order valence-electron chi connectivity index (χ3n) is 2.95. The Bertz CT molecular complexity index is 650. The van der Waals surface area contributed by atoms with Crippen molar-refractivity contribution in [3.63, 3.8) is 0 Å². The van der Waals surface area contributed by atoms with E-state index in [0.717, 1.165) is 36.6 Å². The fourth-order valence-electron chi connectivity index (χ4n) is 2.00. The van der Waals surface area contributed by atoms with Gasteiger partial charge in [-0.2, -0.15) is 4.68 Å². The molecule has 100 valence electrons. The van der Waals surface area contributed by atoms with Crippen molar-refractivity contribution in [2.24, 2.45) is 0 Å². The zero-order valence-corrected chi connectivity index (χ0v) is 10.9. The topological polar surface area (TPSA) is 69.4 Å². The summed E-state index contributed by atoms with van der Waals surface area (Å²) in [6.07, 6.45) is 6.05. The highest BCUT2D eigenvalue weighted by Gasteiger charge is 2.07. The number of benzene rings is 1. The third-order valence-corrected chi connectivity index (χ3v) is 2.95. The average Bonchev–Trinajstić information content (AvgIpc) is 2.98. The molecular formula is C14H14N6. The maximum absolute atomic E-state index is 4.21. The van der Waals surface area contributed by atoms with Gasteiger partial charge in [0.05, 0.1) is 5.69 Å². The number of para-hydroxylation sites is 1. The van der Waals surface area contributed by atoms with Gasteiger partial charge in [0, 0.05) is 25.2 Å². The van der Waals surface area contributed by atoms with Crippen LogP contribution in [0.5, 0.6) is 0 Å². The highest BCUT2D eigenvalue weighted by Crippen LogP contribution is 2.09. The van der Waals surface area contributed by atoms with E-state index in [9.17, 15) is 0 Å². The van der Waals surface area contributed by atoms with Gasteiger partial charge in [0.15, 0.2) is 5.82 Å². The summed E-state index contributed by atoms with van der Waals surface area (Å²) >= 11 is 0. The second-order valence-corrected chi connectivity index (χ2v) is 4.36. The van der Waals surface area contributed by atoms with Crippen molar-refractivity contribution in [3.05, 3.63) is 60.4 Å². The summed E-state index contributed by atoms with van der Waals surface area (Å²) in [5, 5.41) is 11.9. The summed E-state index contributed by atoms with van der Waals surface area (Å²) < 4.78 is 1.77. The van der Waals surface area contributed by atoms with Crippen LogP contribution in [-0.4, -0.2) is 30.2 Å². The number of tetrazole rings is 1. The lowest BCUT2D eigenvalue weighted by Gasteiger charge is -2.03. The van der Waals surface area contributed by atoms with E-state index in [1.54, 1.807) is 17.1 Å². The van der Waals surface area contributed by atoms with E-state index in [1.807, 2.05) is 36.4 Å². The van der Waals surface area contributed by atoms with Gasteiger partial charge in [-0.3, -0.25) is 0 Å². The first-order chi connectivity index (χ1) is 9.93. The predicted molar refractivity (Wildman–Crippen MR) is 73.2 cm³/mol. The van der Waals surface area contributed by atoms with Crippen LogP contribution >= 0.6 is 0 Å². The van der Waals surface area contributed by atoms with Crippen LogP contribution in [0.25, 0.3) is 5.69 Å². The summed E-state index contributed by atoms with van der Waals surface area (Å²) in [4.78, 5) is 8.42. The Balaban J connectivity index is 1.66. The average molecular weight is 266 g/mol. The van der Waals surface area contributed by atoms with Crippen LogP contribution in [0.2, 0.25) is 0 Å². The molecule has 0 atom stereocenters. The molecule has 3 rings (SSSR count). The van der Waals surface area contributed by atoms with E-state index in [-0.39, 0.29) is 0 Å². The molecule has 0 fully saturated rings. The van der Waals surface area contributed by atoms with Gasteiger partial charge in [-0.1, -0.05) is 18.2 Å². The summed E-state index contributed by atoms with van der Waals surface area (Å²) in [5.41, 5.74) is 0.975. The molecule has 0 unspecified atom stereocenters. The molecule has 1 aromatic carbocycles. The van der Waals surface area contributed by atoms with Crippen LogP contribution in [0.3, 0.4) is 0 Å². The maximum Gasteiger partial charge on any atom is 0.156 e. The zero-order chi connectivity index (χ0) is 13.6. The predicted octanol–water partition coefficient (Wildman–Crippen LogP) is 1.63. The number of hydrogen-bond donors (Lipinski definition) is 0. The van der Waals surface area contributed by atoms with Crippen LogP contribution in [0, 0.1) is 0 Å². The monoisotopic (exact) mass is 266 g/mol. The quantitative estimate of drug-likeness (QED) is 0.702. The molecule has 6 heteroatoms. The van der Waals surface area contributed by atoms with Crippen LogP contribution in [-0.2, 0) is 12.8 Å². The second-order valence-electron chi connectivity index (χ2n) is 4.36. The highest BCUT2D eigenvalue weighted by molar-refractivity contribution is 5.30. The maximum atomic E-state index is 4.21. The van der Waals surface area contributed by atoms with Crippen molar-refractivity contribution in [2.75, 3.05) is 0 Å². The van der Waals surface area contributed by atoms with Crippen LogP contribution in [0.15, 0.2) is 48.8 Å². The molecule has 2 aromatic heterocycles. The molecule has 0 spiro atoms. The molecule has 0 aliphatic rings. The Morgan fingerprint density at radius 1 is 0.900 bits per heavy atom. The molecule has 0 aliphatic heterocycles. The van der Waals surface area contributed by atoms with Gasteiger partial charge < -0.3 is 0 Å². The van der Waals surface area contributed by atoms with Crippen molar-refractivity contribution < 1.29 is 0 Å². The molecule has 0 radical (unpaired) electrons.